The van der Waals surface area contributed by atoms with E-state index in [1.807, 2.05) is 6.92 Å². The van der Waals surface area contributed by atoms with E-state index < -0.39 is 0 Å². The Kier molecular flexibility index (Phi) is 8.21. The molecular formula is C24H22BrFN2O4. The van der Waals surface area contributed by atoms with E-state index in [1.165, 1.54) is 19.4 Å². The molecule has 0 saturated heterocycles. The Balaban J connectivity index is 1.60. The van der Waals surface area contributed by atoms with Crippen molar-refractivity contribution in [2.24, 2.45) is 5.10 Å². The van der Waals surface area contributed by atoms with Crippen LogP contribution in [-0.2, 0) is 6.61 Å². The highest BCUT2D eigenvalue weighted by Gasteiger charge is 2.11. The zero-order valence-corrected chi connectivity index (χ0v) is 19.2. The van der Waals surface area contributed by atoms with Gasteiger partial charge in [0.25, 0.3) is 5.91 Å². The number of ether oxygens (including phenoxy) is 3. The second-order valence-corrected chi connectivity index (χ2v) is 7.42. The van der Waals surface area contributed by atoms with Crippen molar-refractivity contribution in [1.29, 1.82) is 0 Å². The molecule has 1 N–H and O–H groups in total. The monoisotopic (exact) mass is 500 g/mol. The third-order valence-electron chi connectivity index (χ3n) is 4.40. The predicted octanol–water partition coefficient (Wildman–Crippen LogP) is 5.34. The Labute approximate surface area is 194 Å². The molecule has 0 aromatic heterocycles. The molecule has 8 heteroatoms. The molecule has 0 aliphatic heterocycles. The second kappa shape index (κ2) is 11.3. The molecule has 0 fully saturated rings. The molecule has 0 radical (unpaired) electrons. The van der Waals surface area contributed by atoms with Crippen molar-refractivity contribution in [2.45, 2.75) is 13.5 Å². The Hall–Kier alpha value is -3.39. The number of halogens is 2. The molecule has 0 bridgehead atoms. The molecule has 0 aliphatic rings. The number of rotatable bonds is 9. The highest BCUT2D eigenvalue weighted by Crippen LogP contribution is 2.28. The first kappa shape index (κ1) is 23.3. The zero-order chi connectivity index (χ0) is 22.9. The number of nitrogens with one attached hydrogen (secondary N) is 1. The van der Waals surface area contributed by atoms with Crippen molar-refractivity contribution < 1.29 is 23.4 Å². The largest absolute Gasteiger partial charge is 0.493 e. The summed E-state index contributed by atoms with van der Waals surface area (Å²) in [6, 6.07) is 16.7. The minimum atomic E-state index is -0.381. The maximum Gasteiger partial charge on any atom is 0.271 e. The average molecular weight is 501 g/mol. The molecule has 0 heterocycles. The molecule has 6 nitrogen and oxygen atoms in total. The molecule has 0 saturated carbocycles. The summed E-state index contributed by atoms with van der Waals surface area (Å²) in [6.07, 6.45) is 1.51. The maximum absolute atomic E-state index is 13.7. The molecule has 1 amide bonds. The van der Waals surface area contributed by atoms with Crippen LogP contribution in [0.15, 0.2) is 70.2 Å². The van der Waals surface area contributed by atoms with Gasteiger partial charge in [-0.3, -0.25) is 4.79 Å². The minimum Gasteiger partial charge on any atom is -0.493 e. The number of carbonyl (C=O) groups is 1. The van der Waals surface area contributed by atoms with Gasteiger partial charge in [-0.05, 0) is 70.9 Å². The van der Waals surface area contributed by atoms with Gasteiger partial charge in [0.2, 0.25) is 0 Å². The summed E-state index contributed by atoms with van der Waals surface area (Å²) in [5.41, 5.74) is 4.09. The number of methoxy groups -OCH3 is 1. The topological polar surface area (TPSA) is 69.2 Å². The third kappa shape index (κ3) is 6.07. The van der Waals surface area contributed by atoms with E-state index in [0.717, 1.165) is 5.56 Å². The quantitative estimate of drug-likeness (QED) is 0.318. The lowest BCUT2D eigenvalue weighted by molar-refractivity contribution is 0.0954. The van der Waals surface area contributed by atoms with Gasteiger partial charge in [-0.2, -0.15) is 5.10 Å². The number of hydrogen-bond donors (Lipinski definition) is 1. The van der Waals surface area contributed by atoms with Gasteiger partial charge in [-0.25, -0.2) is 9.82 Å². The lowest BCUT2D eigenvalue weighted by atomic mass is 10.2. The fourth-order valence-electron chi connectivity index (χ4n) is 2.80. The SMILES string of the molecule is CCOc1cc(C(=O)N/N=C/c2ccc(OCc3ccccc3F)c(Br)c2)ccc1OC. The number of nitrogens with zero attached hydrogens (tertiary/aromatic N) is 1. The second-order valence-electron chi connectivity index (χ2n) is 6.57. The van der Waals surface area contributed by atoms with Crippen LogP contribution in [0.25, 0.3) is 0 Å². The molecule has 3 rings (SSSR count). The summed E-state index contributed by atoms with van der Waals surface area (Å²) in [5.74, 6) is 0.911. The van der Waals surface area contributed by atoms with E-state index >= 15 is 0 Å². The van der Waals surface area contributed by atoms with E-state index in [9.17, 15) is 9.18 Å². The van der Waals surface area contributed by atoms with E-state index in [2.05, 4.69) is 26.5 Å². The van der Waals surface area contributed by atoms with Crippen molar-refractivity contribution in [3.05, 3.63) is 87.6 Å². The molecule has 32 heavy (non-hydrogen) atoms. The van der Waals surface area contributed by atoms with E-state index in [-0.39, 0.29) is 18.3 Å². The van der Waals surface area contributed by atoms with Crippen LogP contribution in [0.5, 0.6) is 17.2 Å². The first-order valence-corrected chi connectivity index (χ1v) is 10.6. The fraction of sp³-hybridized carbons (Fsp3) is 0.167. The van der Waals surface area contributed by atoms with Gasteiger partial charge in [0, 0.05) is 11.1 Å². The van der Waals surface area contributed by atoms with Crippen LogP contribution in [0.2, 0.25) is 0 Å². The fourth-order valence-corrected chi connectivity index (χ4v) is 3.31. The molecular weight excluding hydrogens is 479 g/mol. The Morgan fingerprint density at radius 2 is 1.84 bits per heavy atom. The normalized spacial score (nSPS) is 10.8. The standard InChI is InChI=1S/C24H22BrFN2O4/c1-3-31-23-13-17(9-11-22(23)30-2)24(29)28-27-14-16-8-10-21(19(25)12-16)32-15-18-6-4-5-7-20(18)26/h4-14H,3,15H2,1-2H3,(H,28,29)/b27-14+. The summed E-state index contributed by atoms with van der Waals surface area (Å²) in [6.45, 7) is 2.42. The van der Waals surface area contributed by atoms with Crippen molar-refractivity contribution in [2.75, 3.05) is 13.7 Å². The van der Waals surface area contributed by atoms with Gasteiger partial charge in [0.1, 0.15) is 18.2 Å². The van der Waals surface area contributed by atoms with Gasteiger partial charge in [-0.1, -0.05) is 18.2 Å². The van der Waals surface area contributed by atoms with Gasteiger partial charge < -0.3 is 14.2 Å². The Bertz CT molecular complexity index is 1120. The van der Waals surface area contributed by atoms with Gasteiger partial charge in [0.15, 0.2) is 11.5 Å². The highest BCUT2D eigenvalue weighted by atomic mass is 79.9. The number of benzene rings is 3. The molecule has 3 aromatic carbocycles. The van der Waals surface area contributed by atoms with Crippen molar-refractivity contribution in [1.82, 2.24) is 5.43 Å². The minimum absolute atomic E-state index is 0.111. The van der Waals surface area contributed by atoms with Crippen molar-refractivity contribution in [3.8, 4) is 17.2 Å². The van der Waals surface area contributed by atoms with Crippen LogP contribution in [0.3, 0.4) is 0 Å². The average Bonchev–Trinajstić information content (AvgIpc) is 2.79. The van der Waals surface area contributed by atoms with Gasteiger partial charge in [0.05, 0.1) is 24.4 Å². The smallest absolute Gasteiger partial charge is 0.271 e. The lowest BCUT2D eigenvalue weighted by Gasteiger charge is -2.10. The van der Waals surface area contributed by atoms with Crippen LogP contribution in [0.4, 0.5) is 4.39 Å². The first-order chi connectivity index (χ1) is 15.5. The highest BCUT2D eigenvalue weighted by molar-refractivity contribution is 9.10. The van der Waals surface area contributed by atoms with Crippen LogP contribution in [-0.4, -0.2) is 25.8 Å². The number of amides is 1. The van der Waals surface area contributed by atoms with Gasteiger partial charge >= 0.3 is 0 Å². The van der Waals surface area contributed by atoms with Crippen LogP contribution < -0.4 is 19.6 Å². The summed E-state index contributed by atoms with van der Waals surface area (Å²) < 4.78 is 30.8. The van der Waals surface area contributed by atoms with E-state index in [1.54, 1.807) is 54.6 Å². The zero-order valence-electron chi connectivity index (χ0n) is 17.6. The number of carbonyl (C=O) groups excluding carboxylic acids is 1. The molecule has 0 unspecified atom stereocenters. The Morgan fingerprint density at radius 1 is 1.06 bits per heavy atom. The lowest BCUT2D eigenvalue weighted by Crippen LogP contribution is -2.17. The summed E-state index contributed by atoms with van der Waals surface area (Å²) in [7, 11) is 1.54. The van der Waals surface area contributed by atoms with Crippen molar-refractivity contribution in [3.63, 3.8) is 0 Å². The summed E-state index contributed by atoms with van der Waals surface area (Å²) >= 11 is 3.44. The number of hydrogen-bond acceptors (Lipinski definition) is 5. The van der Waals surface area contributed by atoms with Crippen LogP contribution in [0, 0.1) is 5.82 Å². The predicted molar refractivity (Wildman–Crippen MR) is 124 cm³/mol. The molecule has 3 aromatic rings. The first-order valence-electron chi connectivity index (χ1n) is 9.81. The molecule has 0 spiro atoms. The van der Waals surface area contributed by atoms with Gasteiger partial charge in [-0.15, -0.1) is 0 Å². The summed E-state index contributed by atoms with van der Waals surface area (Å²) in [5, 5.41) is 4.00. The third-order valence-corrected chi connectivity index (χ3v) is 5.02. The van der Waals surface area contributed by atoms with Crippen LogP contribution in [0.1, 0.15) is 28.4 Å². The summed E-state index contributed by atoms with van der Waals surface area (Å²) in [4.78, 5) is 12.4. The maximum atomic E-state index is 13.7. The van der Waals surface area contributed by atoms with E-state index in [0.29, 0.717) is 39.5 Å². The molecule has 0 aliphatic carbocycles. The van der Waals surface area contributed by atoms with Crippen molar-refractivity contribution >= 4 is 28.1 Å². The van der Waals surface area contributed by atoms with E-state index in [4.69, 9.17) is 14.2 Å². The Morgan fingerprint density at radius 3 is 2.56 bits per heavy atom. The number of hydrazone groups is 1. The molecule has 166 valence electrons. The molecule has 0 atom stereocenters. The van der Waals surface area contributed by atoms with Crippen LogP contribution >= 0.6 is 15.9 Å².